The van der Waals surface area contributed by atoms with Crippen molar-refractivity contribution in [2.75, 3.05) is 13.1 Å². The van der Waals surface area contributed by atoms with Crippen LogP contribution in [0.4, 0.5) is 0 Å². The Kier molecular flexibility index (Phi) is 4.50. The molecule has 86 valence electrons. The quantitative estimate of drug-likeness (QED) is 0.598. The van der Waals surface area contributed by atoms with Gasteiger partial charge in [0.15, 0.2) is 0 Å². The molecule has 1 aromatic carbocycles. The van der Waals surface area contributed by atoms with Crippen LogP contribution in [0.1, 0.15) is 24.2 Å². The molecule has 16 heavy (non-hydrogen) atoms. The van der Waals surface area contributed by atoms with Crippen molar-refractivity contribution in [2.45, 2.75) is 13.8 Å². The Labute approximate surface area is 100 Å². The number of amides is 1. The minimum absolute atomic E-state index is 0.337. The van der Waals surface area contributed by atoms with E-state index < -0.39 is 11.7 Å². The highest BCUT2D eigenvalue weighted by atomic mass is 35.5. The van der Waals surface area contributed by atoms with E-state index in [1.165, 1.54) is 11.0 Å². The van der Waals surface area contributed by atoms with Crippen LogP contribution in [0, 0.1) is 0 Å². The van der Waals surface area contributed by atoms with E-state index in [4.69, 9.17) is 11.6 Å². The molecule has 0 unspecified atom stereocenters. The van der Waals surface area contributed by atoms with E-state index in [1.54, 1.807) is 18.2 Å². The Morgan fingerprint density at radius 2 is 1.88 bits per heavy atom. The lowest BCUT2D eigenvalue weighted by atomic mass is 10.1. The van der Waals surface area contributed by atoms with Crippen molar-refractivity contribution in [1.82, 2.24) is 4.90 Å². The molecule has 0 aliphatic heterocycles. The van der Waals surface area contributed by atoms with Crippen molar-refractivity contribution in [1.29, 1.82) is 0 Å². The predicted octanol–water partition coefficient (Wildman–Crippen LogP) is 2.39. The number of ketones is 1. The number of rotatable bonds is 4. The molecule has 0 fully saturated rings. The monoisotopic (exact) mass is 239 g/mol. The van der Waals surface area contributed by atoms with Gasteiger partial charge in [0.2, 0.25) is 5.78 Å². The van der Waals surface area contributed by atoms with Crippen LogP contribution in [-0.4, -0.2) is 29.7 Å². The minimum Gasteiger partial charge on any atom is -0.336 e. The number of likely N-dealkylation sites (N-methyl/N-ethyl adjacent to an activating group) is 1. The summed E-state index contributed by atoms with van der Waals surface area (Å²) in [4.78, 5) is 25.0. The average molecular weight is 240 g/mol. The number of hydrogen-bond donors (Lipinski definition) is 0. The molecule has 1 rings (SSSR count). The fourth-order valence-corrected chi connectivity index (χ4v) is 1.60. The van der Waals surface area contributed by atoms with Crippen LogP contribution in [0.5, 0.6) is 0 Å². The number of carbonyl (C=O) groups is 2. The highest BCUT2D eigenvalue weighted by molar-refractivity contribution is 6.43. The molecular weight excluding hydrogens is 226 g/mol. The Balaban J connectivity index is 2.90. The van der Waals surface area contributed by atoms with Gasteiger partial charge in [-0.2, -0.15) is 0 Å². The van der Waals surface area contributed by atoms with E-state index in [-0.39, 0.29) is 0 Å². The molecule has 3 nitrogen and oxygen atoms in total. The third kappa shape index (κ3) is 2.83. The molecule has 0 heterocycles. The number of benzene rings is 1. The maximum atomic E-state index is 11.8. The lowest BCUT2D eigenvalue weighted by molar-refractivity contribution is -0.126. The number of Topliss-reactive ketones (excluding diaryl/α,β-unsaturated/α-hetero) is 1. The molecule has 0 N–H and O–H groups in total. The van der Waals surface area contributed by atoms with Gasteiger partial charge in [-0.15, -0.1) is 0 Å². The second-order valence-corrected chi connectivity index (χ2v) is 3.75. The van der Waals surface area contributed by atoms with Gasteiger partial charge in [-0.25, -0.2) is 0 Å². The number of hydrogen-bond acceptors (Lipinski definition) is 2. The molecule has 0 radical (unpaired) electrons. The summed E-state index contributed by atoms with van der Waals surface area (Å²) in [6.45, 7) is 4.74. The summed E-state index contributed by atoms with van der Waals surface area (Å²) in [7, 11) is 0. The highest BCUT2D eigenvalue weighted by Gasteiger charge is 2.20. The second kappa shape index (κ2) is 5.66. The Hall–Kier alpha value is -1.35. The molecule has 0 aliphatic carbocycles. The summed E-state index contributed by atoms with van der Waals surface area (Å²) in [6.07, 6.45) is 0. The van der Waals surface area contributed by atoms with Gasteiger partial charge in [0.25, 0.3) is 5.91 Å². The predicted molar refractivity (Wildman–Crippen MR) is 63.7 cm³/mol. The van der Waals surface area contributed by atoms with Crippen molar-refractivity contribution in [3.05, 3.63) is 34.9 Å². The van der Waals surface area contributed by atoms with Crippen LogP contribution in [-0.2, 0) is 4.79 Å². The minimum atomic E-state index is -0.508. The van der Waals surface area contributed by atoms with Crippen molar-refractivity contribution >= 4 is 23.3 Å². The molecule has 0 saturated heterocycles. The number of carbonyl (C=O) groups excluding carboxylic acids is 2. The van der Waals surface area contributed by atoms with Crippen LogP contribution >= 0.6 is 11.6 Å². The molecule has 1 aromatic rings. The molecule has 0 atom stereocenters. The number of halogens is 1. The summed E-state index contributed by atoms with van der Waals surface area (Å²) >= 11 is 5.76. The van der Waals surface area contributed by atoms with Crippen LogP contribution in [0.2, 0.25) is 5.02 Å². The van der Waals surface area contributed by atoms with E-state index in [0.29, 0.717) is 23.7 Å². The maximum Gasteiger partial charge on any atom is 0.294 e. The van der Waals surface area contributed by atoms with Crippen LogP contribution < -0.4 is 0 Å². The SMILES string of the molecule is CCN(CC)C(=O)C(=O)c1cccc(Cl)c1. The molecule has 0 aliphatic rings. The third-order valence-electron chi connectivity index (χ3n) is 2.33. The molecular formula is C12H14ClNO2. The zero-order valence-corrected chi connectivity index (χ0v) is 10.1. The Morgan fingerprint density at radius 1 is 1.25 bits per heavy atom. The van der Waals surface area contributed by atoms with Gasteiger partial charge in [0.1, 0.15) is 0 Å². The van der Waals surface area contributed by atoms with Gasteiger partial charge in [0, 0.05) is 23.7 Å². The first-order chi connectivity index (χ1) is 7.60. The van der Waals surface area contributed by atoms with E-state index in [2.05, 4.69) is 0 Å². The second-order valence-electron chi connectivity index (χ2n) is 3.32. The number of nitrogens with zero attached hydrogens (tertiary/aromatic N) is 1. The van der Waals surface area contributed by atoms with Gasteiger partial charge in [-0.1, -0.05) is 23.7 Å². The Bertz CT molecular complexity index is 400. The zero-order valence-electron chi connectivity index (χ0n) is 9.37. The average Bonchev–Trinajstić information content (AvgIpc) is 2.29. The van der Waals surface area contributed by atoms with E-state index >= 15 is 0 Å². The van der Waals surface area contributed by atoms with Gasteiger partial charge >= 0.3 is 0 Å². The van der Waals surface area contributed by atoms with Crippen molar-refractivity contribution in [3.8, 4) is 0 Å². The first kappa shape index (κ1) is 12.7. The molecule has 0 aromatic heterocycles. The van der Waals surface area contributed by atoms with Gasteiger partial charge < -0.3 is 4.90 Å². The van der Waals surface area contributed by atoms with Crippen molar-refractivity contribution < 1.29 is 9.59 Å². The van der Waals surface area contributed by atoms with Gasteiger partial charge in [0.05, 0.1) is 0 Å². The molecule has 0 saturated carbocycles. The van der Waals surface area contributed by atoms with Crippen LogP contribution in [0.15, 0.2) is 24.3 Å². The van der Waals surface area contributed by atoms with Gasteiger partial charge in [-0.3, -0.25) is 9.59 Å². The van der Waals surface area contributed by atoms with E-state index in [1.807, 2.05) is 13.8 Å². The highest BCUT2D eigenvalue weighted by Crippen LogP contribution is 2.12. The molecule has 0 bridgehead atoms. The maximum absolute atomic E-state index is 11.8. The molecule has 4 heteroatoms. The summed E-state index contributed by atoms with van der Waals surface area (Å²) < 4.78 is 0. The van der Waals surface area contributed by atoms with Crippen LogP contribution in [0.25, 0.3) is 0 Å². The summed E-state index contributed by atoms with van der Waals surface area (Å²) in [5.74, 6) is -0.988. The first-order valence-corrected chi connectivity index (χ1v) is 5.57. The smallest absolute Gasteiger partial charge is 0.294 e. The first-order valence-electron chi connectivity index (χ1n) is 5.19. The zero-order chi connectivity index (χ0) is 12.1. The largest absolute Gasteiger partial charge is 0.336 e. The topological polar surface area (TPSA) is 37.4 Å². The third-order valence-corrected chi connectivity index (χ3v) is 2.57. The standard InChI is InChI=1S/C12H14ClNO2/c1-3-14(4-2)12(16)11(15)9-6-5-7-10(13)8-9/h5-8H,3-4H2,1-2H3. The normalized spacial score (nSPS) is 9.94. The molecule has 1 amide bonds. The lowest BCUT2D eigenvalue weighted by Crippen LogP contribution is -2.36. The van der Waals surface area contributed by atoms with Crippen molar-refractivity contribution in [3.63, 3.8) is 0 Å². The van der Waals surface area contributed by atoms with E-state index in [0.717, 1.165) is 0 Å². The fourth-order valence-electron chi connectivity index (χ4n) is 1.41. The fraction of sp³-hybridized carbons (Fsp3) is 0.333. The van der Waals surface area contributed by atoms with E-state index in [9.17, 15) is 9.59 Å². The summed E-state index contributed by atoms with van der Waals surface area (Å²) in [5.41, 5.74) is 0.337. The summed E-state index contributed by atoms with van der Waals surface area (Å²) in [5, 5.41) is 0.457. The lowest BCUT2D eigenvalue weighted by Gasteiger charge is -2.17. The summed E-state index contributed by atoms with van der Waals surface area (Å²) in [6, 6.07) is 6.42. The van der Waals surface area contributed by atoms with Gasteiger partial charge in [-0.05, 0) is 26.0 Å². The van der Waals surface area contributed by atoms with Crippen molar-refractivity contribution in [2.24, 2.45) is 0 Å². The Morgan fingerprint density at radius 3 is 2.38 bits per heavy atom. The van der Waals surface area contributed by atoms with Crippen LogP contribution in [0.3, 0.4) is 0 Å². The molecule has 0 spiro atoms.